The number of aliphatic hydroxyl groups excluding tert-OH is 1. The number of carbonyl (C=O) groups excluding carboxylic acids is 1. The summed E-state index contributed by atoms with van der Waals surface area (Å²) in [6.07, 6.45) is 1.11. The van der Waals surface area contributed by atoms with Crippen molar-refractivity contribution in [3.63, 3.8) is 0 Å². The number of amides is 2. The van der Waals surface area contributed by atoms with Crippen LogP contribution >= 0.6 is 11.3 Å². The lowest BCUT2D eigenvalue weighted by atomic mass is 10.1. The summed E-state index contributed by atoms with van der Waals surface area (Å²) < 4.78 is 0. The molecule has 0 aromatic carbocycles. The van der Waals surface area contributed by atoms with Crippen LogP contribution in [0, 0.1) is 5.92 Å². The number of carbonyl (C=O) groups is 1. The molecule has 1 heterocycles. The zero-order valence-corrected chi connectivity index (χ0v) is 12.6. The number of aliphatic hydroxyl groups is 1. The van der Waals surface area contributed by atoms with Crippen LogP contribution in [-0.2, 0) is 13.0 Å². The molecule has 0 radical (unpaired) electrons. The second-order valence-electron chi connectivity index (χ2n) is 4.93. The fourth-order valence-electron chi connectivity index (χ4n) is 1.66. The summed E-state index contributed by atoms with van der Waals surface area (Å²) in [7, 11) is 0. The van der Waals surface area contributed by atoms with Crippen molar-refractivity contribution in [2.75, 3.05) is 6.54 Å². The van der Waals surface area contributed by atoms with Crippen LogP contribution in [0.25, 0.3) is 0 Å². The molecule has 0 saturated carbocycles. The second kappa shape index (κ2) is 8.12. The summed E-state index contributed by atoms with van der Waals surface area (Å²) >= 11 is 1.60. The average molecular weight is 285 g/mol. The summed E-state index contributed by atoms with van der Waals surface area (Å²) in [6, 6.07) is -0.270. The standard InChI is InChI=1S/C13H23N3O2S/c1-4-12-16-10(8-19-12)6-14-13(18)15-7-11(17)5-9(2)3/h8-9,11,17H,4-7H2,1-3H3,(H2,14,15,18). The Bertz CT molecular complexity index is 393. The van der Waals surface area contributed by atoms with E-state index < -0.39 is 6.10 Å². The second-order valence-corrected chi connectivity index (χ2v) is 5.88. The lowest BCUT2D eigenvalue weighted by Gasteiger charge is -2.14. The molecule has 0 aliphatic heterocycles. The third-order valence-corrected chi connectivity index (χ3v) is 3.62. The van der Waals surface area contributed by atoms with Gasteiger partial charge in [0.2, 0.25) is 0 Å². The van der Waals surface area contributed by atoms with E-state index >= 15 is 0 Å². The molecule has 1 aromatic rings. The quantitative estimate of drug-likeness (QED) is 0.716. The number of hydrogen-bond donors (Lipinski definition) is 3. The lowest BCUT2D eigenvalue weighted by Crippen LogP contribution is -2.39. The first-order chi connectivity index (χ1) is 9.01. The zero-order chi connectivity index (χ0) is 14.3. The predicted octanol–water partition coefficient (Wildman–Crippen LogP) is 1.91. The third-order valence-electron chi connectivity index (χ3n) is 2.57. The van der Waals surface area contributed by atoms with Gasteiger partial charge in [-0.05, 0) is 18.8 Å². The van der Waals surface area contributed by atoms with E-state index in [9.17, 15) is 9.90 Å². The van der Waals surface area contributed by atoms with E-state index in [0.717, 1.165) is 17.1 Å². The molecule has 3 N–H and O–H groups in total. The maximum atomic E-state index is 11.5. The van der Waals surface area contributed by atoms with Gasteiger partial charge < -0.3 is 15.7 Å². The van der Waals surface area contributed by atoms with Gasteiger partial charge in [0.1, 0.15) is 0 Å². The topological polar surface area (TPSA) is 74.2 Å². The summed E-state index contributed by atoms with van der Waals surface area (Å²) in [5.74, 6) is 0.419. The molecule has 2 amide bonds. The number of aromatic nitrogens is 1. The maximum absolute atomic E-state index is 11.5. The van der Waals surface area contributed by atoms with Crippen molar-refractivity contribution in [2.45, 2.75) is 46.3 Å². The van der Waals surface area contributed by atoms with Gasteiger partial charge >= 0.3 is 6.03 Å². The highest BCUT2D eigenvalue weighted by Gasteiger charge is 2.09. The number of hydrogen-bond acceptors (Lipinski definition) is 4. The van der Waals surface area contributed by atoms with Gasteiger partial charge in [-0.2, -0.15) is 0 Å². The molecule has 0 fully saturated rings. The molecule has 19 heavy (non-hydrogen) atoms. The molecule has 1 rings (SSSR count). The van der Waals surface area contributed by atoms with Crippen LogP contribution in [-0.4, -0.2) is 28.8 Å². The Labute approximate surface area is 118 Å². The third kappa shape index (κ3) is 6.54. The minimum atomic E-state index is -0.489. The van der Waals surface area contributed by atoms with Crippen molar-refractivity contribution in [3.05, 3.63) is 16.1 Å². The Morgan fingerprint density at radius 3 is 2.79 bits per heavy atom. The van der Waals surface area contributed by atoms with Gasteiger partial charge in [-0.15, -0.1) is 11.3 Å². The Balaban J connectivity index is 2.20. The number of urea groups is 1. The lowest BCUT2D eigenvalue weighted by molar-refractivity contribution is 0.147. The smallest absolute Gasteiger partial charge is 0.315 e. The molecule has 0 aliphatic rings. The summed E-state index contributed by atoms with van der Waals surface area (Å²) in [4.78, 5) is 15.9. The monoisotopic (exact) mass is 285 g/mol. The number of thiazole rings is 1. The molecule has 0 bridgehead atoms. The van der Waals surface area contributed by atoms with Crippen molar-refractivity contribution in [2.24, 2.45) is 5.92 Å². The Morgan fingerprint density at radius 1 is 1.47 bits per heavy atom. The Hall–Kier alpha value is -1.14. The van der Waals surface area contributed by atoms with Crippen molar-refractivity contribution in [1.29, 1.82) is 0 Å². The van der Waals surface area contributed by atoms with E-state index in [2.05, 4.69) is 22.5 Å². The molecule has 0 saturated heterocycles. The first-order valence-electron chi connectivity index (χ1n) is 6.64. The largest absolute Gasteiger partial charge is 0.391 e. The maximum Gasteiger partial charge on any atom is 0.315 e. The van der Waals surface area contributed by atoms with E-state index in [1.165, 1.54) is 0 Å². The molecule has 0 spiro atoms. The molecule has 6 heteroatoms. The number of nitrogens with zero attached hydrogens (tertiary/aromatic N) is 1. The first-order valence-corrected chi connectivity index (χ1v) is 7.52. The highest BCUT2D eigenvalue weighted by Crippen LogP contribution is 2.09. The molecule has 5 nitrogen and oxygen atoms in total. The van der Waals surface area contributed by atoms with Gasteiger partial charge in [-0.1, -0.05) is 20.8 Å². The molecule has 1 aromatic heterocycles. The van der Waals surface area contributed by atoms with Gasteiger partial charge in [0.05, 0.1) is 23.4 Å². The average Bonchev–Trinajstić information content (AvgIpc) is 2.81. The van der Waals surface area contributed by atoms with Crippen molar-refractivity contribution in [3.8, 4) is 0 Å². The van der Waals surface area contributed by atoms with Gasteiger partial charge in [0.15, 0.2) is 0 Å². The minimum absolute atomic E-state index is 0.270. The number of nitrogens with one attached hydrogen (secondary N) is 2. The van der Waals surface area contributed by atoms with E-state index in [-0.39, 0.29) is 12.6 Å². The van der Waals surface area contributed by atoms with E-state index in [4.69, 9.17) is 0 Å². The zero-order valence-electron chi connectivity index (χ0n) is 11.8. The number of aryl methyl sites for hydroxylation is 1. The van der Waals surface area contributed by atoms with Crippen molar-refractivity contribution >= 4 is 17.4 Å². The normalized spacial score (nSPS) is 12.5. The highest BCUT2D eigenvalue weighted by molar-refractivity contribution is 7.09. The predicted molar refractivity (Wildman–Crippen MR) is 77.2 cm³/mol. The van der Waals surface area contributed by atoms with Crippen LogP contribution in [0.15, 0.2) is 5.38 Å². The first kappa shape index (κ1) is 15.9. The summed E-state index contributed by atoms with van der Waals surface area (Å²) in [5, 5.41) is 18.0. The molecule has 0 aliphatic carbocycles. The van der Waals surface area contributed by atoms with Crippen molar-refractivity contribution < 1.29 is 9.90 Å². The molecular formula is C13H23N3O2S. The van der Waals surface area contributed by atoms with Crippen LogP contribution < -0.4 is 10.6 Å². The summed E-state index contributed by atoms with van der Waals surface area (Å²) in [5.41, 5.74) is 0.875. The van der Waals surface area contributed by atoms with Crippen LogP contribution in [0.5, 0.6) is 0 Å². The molecule has 1 atom stereocenters. The van der Waals surface area contributed by atoms with E-state index in [1.54, 1.807) is 11.3 Å². The van der Waals surface area contributed by atoms with Crippen molar-refractivity contribution in [1.82, 2.24) is 15.6 Å². The molecule has 108 valence electrons. The van der Waals surface area contributed by atoms with Gasteiger partial charge in [0.25, 0.3) is 0 Å². The van der Waals surface area contributed by atoms with E-state index in [1.807, 2.05) is 19.2 Å². The Kier molecular flexibility index (Phi) is 6.80. The fourth-order valence-corrected chi connectivity index (χ4v) is 2.41. The summed E-state index contributed by atoms with van der Waals surface area (Å²) in [6.45, 7) is 6.83. The van der Waals surface area contributed by atoms with Crippen LogP contribution in [0.4, 0.5) is 4.79 Å². The number of rotatable bonds is 7. The SMILES string of the molecule is CCc1nc(CNC(=O)NCC(O)CC(C)C)cs1. The Morgan fingerprint density at radius 2 is 2.21 bits per heavy atom. The van der Waals surface area contributed by atoms with Gasteiger partial charge in [-0.25, -0.2) is 9.78 Å². The van der Waals surface area contributed by atoms with Gasteiger partial charge in [-0.3, -0.25) is 0 Å². The molecule has 1 unspecified atom stereocenters. The van der Waals surface area contributed by atoms with Crippen LogP contribution in [0.1, 0.15) is 37.9 Å². The fraction of sp³-hybridized carbons (Fsp3) is 0.692. The molecular weight excluding hydrogens is 262 g/mol. The minimum Gasteiger partial charge on any atom is -0.391 e. The van der Waals surface area contributed by atoms with E-state index in [0.29, 0.717) is 18.9 Å². The van der Waals surface area contributed by atoms with Gasteiger partial charge in [0, 0.05) is 11.9 Å². The van der Waals surface area contributed by atoms with Crippen LogP contribution in [0.3, 0.4) is 0 Å². The van der Waals surface area contributed by atoms with Crippen LogP contribution in [0.2, 0.25) is 0 Å². The highest BCUT2D eigenvalue weighted by atomic mass is 32.1.